The molecular formula is C14H17BrN2O2. The van der Waals surface area contributed by atoms with Crippen LogP contribution in [0, 0.1) is 0 Å². The summed E-state index contributed by atoms with van der Waals surface area (Å²) in [5.74, 6) is 1.29. The Bertz CT molecular complexity index is 554. The molecule has 102 valence electrons. The number of halogens is 1. The molecule has 2 rings (SSSR count). The Morgan fingerprint density at radius 3 is 2.95 bits per heavy atom. The molecule has 1 N–H and O–H groups in total. The molecule has 0 aliphatic carbocycles. The summed E-state index contributed by atoms with van der Waals surface area (Å²) in [6.45, 7) is 2.93. The molecule has 2 aromatic rings. The first kappa shape index (κ1) is 14.1. The van der Waals surface area contributed by atoms with E-state index in [2.05, 4.69) is 27.8 Å². The molecule has 0 fully saturated rings. The molecule has 0 amide bonds. The van der Waals surface area contributed by atoms with Crippen LogP contribution in [0.1, 0.15) is 30.8 Å². The van der Waals surface area contributed by atoms with Crippen LogP contribution >= 0.6 is 15.9 Å². The third-order valence-corrected chi connectivity index (χ3v) is 3.44. The smallest absolute Gasteiger partial charge is 0.142 e. The summed E-state index contributed by atoms with van der Waals surface area (Å²) in [6, 6.07) is 5.57. The Balaban J connectivity index is 2.40. The van der Waals surface area contributed by atoms with Crippen molar-refractivity contribution in [3.63, 3.8) is 0 Å². The van der Waals surface area contributed by atoms with Gasteiger partial charge in [0.1, 0.15) is 17.7 Å². The molecule has 1 aromatic carbocycles. The predicted octanol–water partition coefficient (Wildman–Crippen LogP) is 3.15. The highest BCUT2D eigenvalue weighted by atomic mass is 79.9. The zero-order valence-corrected chi connectivity index (χ0v) is 12.6. The lowest BCUT2D eigenvalue weighted by atomic mass is 10.1. The standard InChI is InChI=1S/C14H17BrN2O2/c1-3-7-17-8-6-16-14(17)13(18)11-9-10(15)4-5-12(11)19-2/h4-6,8-9,13,18H,3,7H2,1-2H3. The van der Waals surface area contributed by atoms with Crippen molar-refractivity contribution < 1.29 is 9.84 Å². The summed E-state index contributed by atoms with van der Waals surface area (Å²) >= 11 is 3.41. The minimum Gasteiger partial charge on any atom is -0.496 e. The van der Waals surface area contributed by atoms with Gasteiger partial charge in [-0.05, 0) is 24.6 Å². The first-order valence-corrected chi connectivity index (χ1v) is 6.99. The number of aliphatic hydroxyl groups is 1. The van der Waals surface area contributed by atoms with Gasteiger partial charge in [-0.3, -0.25) is 0 Å². The lowest BCUT2D eigenvalue weighted by molar-refractivity contribution is 0.199. The van der Waals surface area contributed by atoms with Crippen molar-refractivity contribution >= 4 is 15.9 Å². The lowest BCUT2D eigenvalue weighted by Gasteiger charge is -2.16. The molecule has 0 spiro atoms. The summed E-state index contributed by atoms with van der Waals surface area (Å²) in [6.07, 6.45) is 3.78. The van der Waals surface area contributed by atoms with E-state index in [9.17, 15) is 5.11 Å². The Morgan fingerprint density at radius 1 is 1.47 bits per heavy atom. The maximum atomic E-state index is 10.5. The highest BCUT2D eigenvalue weighted by Gasteiger charge is 2.20. The van der Waals surface area contributed by atoms with E-state index >= 15 is 0 Å². The number of imidazole rings is 1. The van der Waals surface area contributed by atoms with E-state index < -0.39 is 6.10 Å². The molecule has 5 heteroatoms. The van der Waals surface area contributed by atoms with Crippen LogP contribution in [0.3, 0.4) is 0 Å². The van der Waals surface area contributed by atoms with Crippen molar-refractivity contribution in [2.45, 2.75) is 26.0 Å². The Morgan fingerprint density at radius 2 is 2.26 bits per heavy atom. The third-order valence-electron chi connectivity index (χ3n) is 2.94. The minimum atomic E-state index is -0.797. The minimum absolute atomic E-state index is 0.637. The Hall–Kier alpha value is -1.33. The summed E-state index contributed by atoms with van der Waals surface area (Å²) in [4.78, 5) is 4.26. The van der Waals surface area contributed by atoms with Crippen LogP contribution in [0.4, 0.5) is 0 Å². The molecule has 1 atom stereocenters. The van der Waals surface area contributed by atoms with Crippen molar-refractivity contribution in [2.24, 2.45) is 0 Å². The second-order valence-electron chi connectivity index (χ2n) is 4.27. The van der Waals surface area contributed by atoms with E-state index in [-0.39, 0.29) is 0 Å². The molecule has 1 unspecified atom stereocenters. The number of nitrogens with zero attached hydrogens (tertiary/aromatic N) is 2. The van der Waals surface area contributed by atoms with E-state index in [1.165, 1.54) is 0 Å². The van der Waals surface area contributed by atoms with Crippen LogP contribution in [-0.4, -0.2) is 21.8 Å². The Kier molecular flexibility index (Phi) is 4.61. The third kappa shape index (κ3) is 2.98. The number of aliphatic hydroxyl groups excluding tert-OH is 1. The zero-order chi connectivity index (χ0) is 13.8. The van der Waals surface area contributed by atoms with E-state index in [1.54, 1.807) is 13.3 Å². The maximum absolute atomic E-state index is 10.5. The molecule has 0 saturated heterocycles. The normalized spacial score (nSPS) is 12.4. The van der Waals surface area contributed by atoms with Crippen molar-refractivity contribution in [2.75, 3.05) is 7.11 Å². The molecule has 1 heterocycles. The van der Waals surface area contributed by atoms with Gasteiger partial charge in [-0.2, -0.15) is 0 Å². The highest BCUT2D eigenvalue weighted by molar-refractivity contribution is 9.10. The van der Waals surface area contributed by atoms with E-state index in [4.69, 9.17) is 4.74 Å². The number of methoxy groups -OCH3 is 1. The number of aryl methyl sites for hydroxylation is 1. The molecule has 0 radical (unpaired) electrons. The molecule has 0 bridgehead atoms. The molecule has 0 aliphatic rings. The number of rotatable bonds is 5. The zero-order valence-electron chi connectivity index (χ0n) is 11.0. The van der Waals surface area contributed by atoms with Crippen molar-refractivity contribution in [1.82, 2.24) is 9.55 Å². The van der Waals surface area contributed by atoms with Gasteiger partial charge in [0.05, 0.1) is 7.11 Å². The van der Waals surface area contributed by atoms with Crippen LogP contribution in [-0.2, 0) is 6.54 Å². The van der Waals surface area contributed by atoms with Crippen LogP contribution in [0.5, 0.6) is 5.75 Å². The summed E-state index contributed by atoms with van der Waals surface area (Å²) in [7, 11) is 1.60. The molecule has 19 heavy (non-hydrogen) atoms. The first-order chi connectivity index (χ1) is 9.17. The van der Waals surface area contributed by atoms with E-state index in [1.807, 2.05) is 29.0 Å². The quantitative estimate of drug-likeness (QED) is 0.919. The molecular weight excluding hydrogens is 308 g/mol. The van der Waals surface area contributed by atoms with Crippen molar-refractivity contribution in [1.29, 1.82) is 0 Å². The number of aromatic nitrogens is 2. The van der Waals surface area contributed by atoms with Crippen LogP contribution in [0.2, 0.25) is 0 Å². The van der Waals surface area contributed by atoms with E-state index in [0.717, 1.165) is 17.4 Å². The van der Waals surface area contributed by atoms with Gasteiger partial charge in [0.25, 0.3) is 0 Å². The van der Waals surface area contributed by atoms with Gasteiger partial charge >= 0.3 is 0 Å². The van der Waals surface area contributed by atoms with Gasteiger partial charge in [-0.1, -0.05) is 22.9 Å². The summed E-state index contributed by atoms with van der Waals surface area (Å²) in [5, 5.41) is 10.5. The molecule has 4 nitrogen and oxygen atoms in total. The SMILES string of the molecule is CCCn1ccnc1C(O)c1cc(Br)ccc1OC. The molecule has 0 saturated carbocycles. The largest absolute Gasteiger partial charge is 0.496 e. The fourth-order valence-electron chi connectivity index (χ4n) is 2.06. The second kappa shape index (κ2) is 6.21. The number of ether oxygens (including phenoxy) is 1. The maximum Gasteiger partial charge on any atom is 0.142 e. The first-order valence-electron chi connectivity index (χ1n) is 6.20. The second-order valence-corrected chi connectivity index (χ2v) is 5.18. The lowest BCUT2D eigenvalue weighted by Crippen LogP contribution is -2.10. The summed E-state index contributed by atoms with van der Waals surface area (Å²) in [5.41, 5.74) is 0.709. The molecule has 0 aliphatic heterocycles. The van der Waals surface area contributed by atoms with Crippen LogP contribution < -0.4 is 4.74 Å². The fraction of sp³-hybridized carbons (Fsp3) is 0.357. The number of hydrogen-bond donors (Lipinski definition) is 1. The number of benzene rings is 1. The highest BCUT2D eigenvalue weighted by Crippen LogP contribution is 2.31. The fourth-order valence-corrected chi connectivity index (χ4v) is 2.44. The Labute approximate surface area is 121 Å². The predicted molar refractivity (Wildman–Crippen MR) is 77.3 cm³/mol. The van der Waals surface area contributed by atoms with Crippen molar-refractivity contribution in [3.8, 4) is 5.75 Å². The van der Waals surface area contributed by atoms with Gasteiger partial charge in [-0.15, -0.1) is 0 Å². The topological polar surface area (TPSA) is 47.3 Å². The average Bonchev–Trinajstić information content (AvgIpc) is 2.86. The summed E-state index contributed by atoms with van der Waals surface area (Å²) < 4.78 is 8.16. The van der Waals surface area contributed by atoms with Gasteiger partial charge in [0, 0.05) is 29.0 Å². The van der Waals surface area contributed by atoms with Crippen molar-refractivity contribution in [3.05, 3.63) is 46.5 Å². The van der Waals surface area contributed by atoms with E-state index in [0.29, 0.717) is 17.1 Å². The monoisotopic (exact) mass is 324 g/mol. The van der Waals surface area contributed by atoms with Gasteiger partial charge in [0.15, 0.2) is 0 Å². The molecule has 1 aromatic heterocycles. The van der Waals surface area contributed by atoms with Gasteiger partial charge < -0.3 is 14.4 Å². The number of hydrogen-bond acceptors (Lipinski definition) is 3. The van der Waals surface area contributed by atoms with Gasteiger partial charge in [-0.25, -0.2) is 4.98 Å². The average molecular weight is 325 g/mol. The van der Waals surface area contributed by atoms with Crippen LogP contribution in [0.15, 0.2) is 35.1 Å². The van der Waals surface area contributed by atoms with Gasteiger partial charge in [0.2, 0.25) is 0 Å². The van der Waals surface area contributed by atoms with Crippen LogP contribution in [0.25, 0.3) is 0 Å².